The number of likely N-dealkylation sites (tertiary alicyclic amines) is 1. The highest BCUT2D eigenvalue weighted by Gasteiger charge is 2.24. The van der Waals surface area contributed by atoms with Gasteiger partial charge in [0.2, 0.25) is 0 Å². The van der Waals surface area contributed by atoms with Crippen LogP contribution in [0.25, 0.3) is 17.1 Å². The van der Waals surface area contributed by atoms with Gasteiger partial charge in [-0.15, -0.1) is 0 Å². The van der Waals surface area contributed by atoms with E-state index < -0.39 is 0 Å². The van der Waals surface area contributed by atoms with E-state index in [2.05, 4.69) is 56.8 Å². The smallest absolute Gasteiger partial charge is 0.140 e. The second kappa shape index (κ2) is 6.01. The molecule has 1 aromatic carbocycles. The van der Waals surface area contributed by atoms with Gasteiger partial charge in [-0.3, -0.25) is 0 Å². The van der Waals surface area contributed by atoms with Gasteiger partial charge < -0.3 is 14.0 Å². The average Bonchev–Trinajstić information content (AvgIpc) is 3.34. The maximum absolute atomic E-state index is 4.60. The molecular formula is C18H21N5. The molecule has 0 spiro atoms. The van der Waals surface area contributed by atoms with Crippen molar-refractivity contribution in [2.75, 3.05) is 19.6 Å². The van der Waals surface area contributed by atoms with Gasteiger partial charge in [-0.25, -0.2) is 9.97 Å². The molecule has 1 aliphatic heterocycles. The van der Waals surface area contributed by atoms with E-state index in [0.29, 0.717) is 6.04 Å². The van der Waals surface area contributed by atoms with Crippen molar-refractivity contribution in [2.45, 2.75) is 19.4 Å². The van der Waals surface area contributed by atoms with Crippen LogP contribution in [0.5, 0.6) is 0 Å². The van der Waals surface area contributed by atoms with Gasteiger partial charge in [-0.1, -0.05) is 6.92 Å². The molecule has 0 aliphatic carbocycles. The normalized spacial score (nSPS) is 18.6. The van der Waals surface area contributed by atoms with E-state index in [4.69, 9.17) is 0 Å². The third-order valence-electron chi connectivity index (χ3n) is 4.68. The molecule has 1 aliphatic rings. The molecule has 0 saturated carbocycles. The van der Waals surface area contributed by atoms with Crippen molar-refractivity contribution >= 4 is 0 Å². The Morgan fingerprint density at radius 2 is 2.00 bits per heavy atom. The first kappa shape index (κ1) is 14.2. The molecule has 23 heavy (non-hydrogen) atoms. The van der Waals surface area contributed by atoms with Gasteiger partial charge in [0.05, 0.1) is 6.33 Å². The molecule has 1 atom stereocenters. The van der Waals surface area contributed by atoms with E-state index >= 15 is 0 Å². The SMILES string of the molecule is CCN1CCC(n2ccnc2-c2ccc(-n3ccnc3)cc2)C1. The average molecular weight is 307 g/mol. The van der Waals surface area contributed by atoms with Gasteiger partial charge in [0.1, 0.15) is 5.82 Å². The van der Waals surface area contributed by atoms with Crippen molar-refractivity contribution in [1.82, 2.24) is 24.0 Å². The second-order valence-electron chi connectivity index (χ2n) is 6.01. The molecule has 2 aromatic heterocycles. The van der Waals surface area contributed by atoms with E-state index in [9.17, 15) is 0 Å². The summed E-state index contributed by atoms with van der Waals surface area (Å²) < 4.78 is 4.34. The maximum atomic E-state index is 4.60. The van der Waals surface area contributed by atoms with Crippen LogP contribution in [0.15, 0.2) is 55.4 Å². The Morgan fingerprint density at radius 3 is 2.70 bits per heavy atom. The van der Waals surface area contributed by atoms with E-state index in [0.717, 1.165) is 30.2 Å². The minimum atomic E-state index is 0.528. The van der Waals surface area contributed by atoms with Gasteiger partial charge in [0.15, 0.2) is 0 Å². The number of hydrogen-bond acceptors (Lipinski definition) is 3. The van der Waals surface area contributed by atoms with Crippen molar-refractivity contribution in [1.29, 1.82) is 0 Å². The maximum Gasteiger partial charge on any atom is 0.140 e. The molecule has 5 heteroatoms. The summed E-state index contributed by atoms with van der Waals surface area (Å²) in [4.78, 5) is 11.2. The minimum Gasteiger partial charge on any atom is -0.327 e. The largest absolute Gasteiger partial charge is 0.327 e. The van der Waals surface area contributed by atoms with E-state index in [-0.39, 0.29) is 0 Å². The highest BCUT2D eigenvalue weighted by Crippen LogP contribution is 2.27. The molecule has 3 aromatic rings. The zero-order valence-electron chi connectivity index (χ0n) is 13.3. The molecule has 1 saturated heterocycles. The van der Waals surface area contributed by atoms with Gasteiger partial charge in [0.25, 0.3) is 0 Å². The molecule has 3 heterocycles. The third-order valence-corrected chi connectivity index (χ3v) is 4.68. The van der Waals surface area contributed by atoms with Crippen LogP contribution < -0.4 is 0 Å². The summed E-state index contributed by atoms with van der Waals surface area (Å²) in [6.07, 6.45) is 10.8. The van der Waals surface area contributed by atoms with Crippen molar-refractivity contribution < 1.29 is 0 Å². The van der Waals surface area contributed by atoms with Gasteiger partial charge >= 0.3 is 0 Å². The standard InChI is InChI=1S/C18H21N5/c1-2-21-10-7-17(13-21)23-12-9-20-18(23)15-3-5-16(6-4-15)22-11-8-19-14-22/h3-6,8-9,11-12,14,17H,2,7,10,13H2,1H3. The third kappa shape index (κ3) is 2.68. The van der Waals surface area contributed by atoms with Crippen LogP contribution in [-0.4, -0.2) is 43.6 Å². The molecule has 5 nitrogen and oxygen atoms in total. The predicted molar refractivity (Wildman–Crippen MR) is 90.6 cm³/mol. The van der Waals surface area contributed by atoms with Crippen LogP contribution in [0.1, 0.15) is 19.4 Å². The fourth-order valence-electron chi connectivity index (χ4n) is 3.35. The zero-order valence-corrected chi connectivity index (χ0v) is 13.3. The Hall–Kier alpha value is -2.40. The zero-order chi connectivity index (χ0) is 15.6. The predicted octanol–water partition coefficient (Wildman–Crippen LogP) is 3.00. The number of imidazole rings is 2. The van der Waals surface area contributed by atoms with Crippen molar-refractivity contribution in [3.63, 3.8) is 0 Å². The summed E-state index contributed by atoms with van der Waals surface area (Å²) in [6.45, 7) is 5.65. The van der Waals surface area contributed by atoms with E-state index in [1.807, 2.05) is 23.3 Å². The minimum absolute atomic E-state index is 0.528. The Labute approximate surface area is 136 Å². The quantitative estimate of drug-likeness (QED) is 0.744. The Bertz CT molecular complexity index is 757. The summed E-state index contributed by atoms with van der Waals surface area (Å²) in [5, 5.41) is 0. The Morgan fingerprint density at radius 1 is 1.13 bits per heavy atom. The van der Waals surface area contributed by atoms with Gasteiger partial charge in [0, 0.05) is 55.2 Å². The van der Waals surface area contributed by atoms with Crippen LogP contribution in [0.3, 0.4) is 0 Å². The lowest BCUT2D eigenvalue weighted by atomic mass is 10.1. The first-order valence-electron chi connectivity index (χ1n) is 8.19. The van der Waals surface area contributed by atoms with Crippen LogP contribution in [0.2, 0.25) is 0 Å². The Kier molecular flexibility index (Phi) is 3.71. The number of hydrogen-bond donors (Lipinski definition) is 0. The number of aromatic nitrogens is 4. The molecule has 0 bridgehead atoms. The highest BCUT2D eigenvalue weighted by atomic mass is 15.2. The number of likely N-dealkylation sites (N-methyl/N-ethyl adjacent to an activating group) is 1. The van der Waals surface area contributed by atoms with E-state index in [1.165, 1.54) is 13.0 Å². The highest BCUT2D eigenvalue weighted by molar-refractivity contribution is 5.58. The molecule has 0 radical (unpaired) electrons. The topological polar surface area (TPSA) is 38.9 Å². The molecule has 1 fully saturated rings. The summed E-state index contributed by atoms with van der Waals surface area (Å²) in [5.41, 5.74) is 2.27. The van der Waals surface area contributed by atoms with Crippen LogP contribution in [0.4, 0.5) is 0 Å². The molecule has 0 amide bonds. The molecule has 118 valence electrons. The molecule has 1 unspecified atom stereocenters. The number of nitrogens with zero attached hydrogens (tertiary/aromatic N) is 5. The van der Waals surface area contributed by atoms with Crippen molar-refractivity contribution in [2.24, 2.45) is 0 Å². The monoisotopic (exact) mass is 307 g/mol. The molecule has 4 rings (SSSR count). The van der Waals surface area contributed by atoms with Crippen molar-refractivity contribution in [3.8, 4) is 17.1 Å². The lowest BCUT2D eigenvalue weighted by molar-refractivity contribution is 0.342. The number of benzene rings is 1. The second-order valence-corrected chi connectivity index (χ2v) is 6.01. The summed E-state index contributed by atoms with van der Waals surface area (Å²) >= 11 is 0. The first-order chi connectivity index (χ1) is 11.3. The summed E-state index contributed by atoms with van der Waals surface area (Å²) in [6, 6.07) is 9.04. The fourth-order valence-corrected chi connectivity index (χ4v) is 3.35. The molecular weight excluding hydrogens is 286 g/mol. The summed E-state index contributed by atoms with van der Waals surface area (Å²) in [5.74, 6) is 1.06. The van der Waals surface area contributed by atoms with Gasteiger partial charge in [-0.05, 0) is 37.2 Å². The molecule has 0 N–H and O–H groups in total. The van der Waals surface area contributed by atoms with E-state index in [1.54, 1.807) is 6.20 Å². The van der Waals surface area contributed by atoms with Crippen LogP contribution in [-0.2, 0) is 0 Å². The van der Waals surface area contributed by atoms with Crippen molar-refractivity contribution in [3.05, 3.63) is 55.4 Å². The van der Waals surface area contributed by atoms with Crippen LogP contribution >= 0.6 is 0 Å². The lowest BCUT2D eigenvalue weighted by Gasteiger charge is -2.17. The fraction of sp³-hybridized carbons (Fsp3) is 0.333. The van der Waals surface area contributed by atoms with Gasteiger partial charge in [-0.2, -0.15) is 0 Å². The lowest BCUT2D eigenvalue weighted by Crippen LogP contribution is -2.21. The summed E-state index contributed by atoms with van der Waals surface area (Å²) in [7, 11) is 0. The first-order valence-corrected chi connectivity index (χ1v) is 8.19. The van der Waals surface area contributed by atoms with Crippen LogP contribution in [0, 0.1) is 0 Å². The Balaban J connectivity index is 1.60. The number of rotatable bonds is 4.